The summed E-state index contributed by atoms with van der Waals surface area (Å²) in [7, 11) is 0. The molecule has 0 atom stereocenters. The molecule has 4 rings (SSSR count). The van der Waals surface area contributed by atoms with E-state index in [1.165, 1.54) is 41.3 Å². The molecule has 0 heterocycles. The molecular formula is C41H43F3N4O6. The van der Waals surface area contributed by atoms with E-state index in [-0.39, 0.29) is 36.3 Å². The summed E-state index contributed by atoms with van der Waals surface area (Å²) in [5.41, 5.74) is -0.841. The van der Waals surface area contributed by atoms with Gasteiger partial charge in [-0.3, -0.25) is 24.0 Å². The van der Waals surface area contributed by atoms with Gasteiger partial charge >= 0.3 is 12.1 Å². The Kier molecular flexibility index (Phi) is 13.7. The molecule has 0 aliphatic carbocycles. The highest BCUT2D eigenvalue weighted by molar-refractivity contribution is 6.12. The predicted octanol–water partition coefficient (Wildman–Crippen LogP) is 6.40. The maximum Gasteiger partial charge on any atom is 0.416 e. The first-order valence-corrected chi connectivity index (χ1v) is 17.6. The number of carbonyl (C=O) groups excluding carboxylic acids is 5. The van der Waals surface area contributed by atoms with Gasteiger partial charge in [-0.15, -0.1) is 0 Å². The van der Waals surface area contributed by atoms with Crippen LogP contribution in [0.2, 0.25) is 0 Å². The van der Waals surface area contributed by atoms with E-state index in [1.54, 1.807) is 76.2 Å². The Morgan fingerprint density at radius 1 is 0.685 bits per heavy atom. The maximum atomic E-state index is 13.7. The number of halogens is 3. The molecule has 0 saturated carbocycles. The van der Waals surface area contributed by atoms with Crippen molar-refractivity contribution < 1.29 is 41.9 Å². The third-order valence-electron chi connectivity index (χ3n) is 8.82. The Balaban J connectivity index is 1.64. The molecule has 0 aromatic heterocycles. The summed E-state index contributed by atoms with van der Waals surface area (Å²) < 4.78 is 45.2. The van der Waals surface area contributed by atoms with Crippen LogP contribution in [0.25, 0.3) is 11.1 Å². The lowest BCUT2D eigenvalue weighted by Gasteiger charge is -2.31. The fraction of sp³-hybridized carbons (Fsp3) is 0.293. The van der Waals surface area contributed by atoms with E-state index in [1.807, 2.05) is 0 Å². The summed E-state index contributed by atoms with van der Waals surface area (Å²) in [6.07, 6.45) is -4.85. The van der Waals surface area contributed by atoms with E-state index in [2.05, 4.69) is 16.0 Å². The Bertz CT molecular complexity index is 1940. The predicted molar refractivity (Wildman–Crippen MR) is 199 cm³/mol. The van der Waals surface area contributed by atoms with Crippen molar-refractivity contribution >= 4 is 35.3 Å². The Labute approximate surface area is 312 Å². The molecule has 0 bridgehead atoms. The second kappa shape index (κ2) is 18.2. The first-order chi connectivity index (χ1) is 25.8. The minimum absolute atomic E-state index is 0.0904. The Hall–Kier alpha value is -5.98. The summed E-state index contributed by atoms with van der Waals surface area (Å²) in [6.45, 7) is 7.58. The average Bonchev–Trinajstić information content (AvgIpc) is 3.16. The quantitative estimate of drug-likeness (QED) is 0.0953. The van der Waals surface area contributed by atoms with Crippen LogP contribution in [0.3, 0.4) is 0 Å². The van der Waals surface area contributed by atoms with Crippen LogP contribution in [0, 0.1) is 0 Å². The fourth-order valence-electron chi connectivity index (χ4n) is 5.96. The van der Waals surface area contributed by atoms with Gasteiger partial charge in [-0.1, -0.05) is 66.7 Å². The van der Waals surface area contributed by atoms with Crippen LogP contribution in [0.4, 0.5) is 18.9 Å². The first-order valence-electron chi connectivity index (χ1n) is 17.6. The highest BCUT2D eigenvalue weighted by atomic mass is 19.4. The van der Waals surface area contributed by atoms with Crippen LogP contribution < -0.4 is 16.0 Å². The van der Waals surface area contributed by atoms with Crippen LogP contribution in [0.1, 0.15) is 65.1 Å². The van der Waals surface area contributed by atoms with E-state index in [0.29, 0.717) is 35.3 Å². The first kappa shape index (κ1) is 40.8. The molecule has 10 nitrogen and oxygen atoms in total. The number of rotatable bonds is 15. The Morgan fingerprint density at radius 3 is 1.85 bits per heavy atom. The number of hydrogen-bond acceptors (Lipinski definition) is 6. The maximum absolute atomic E-state index is 13.7. The number of nitrogens with zero attached hydrogens (tertiary/aromatic N) is 1. The van der Waals surface area contributed by atoms with Gasteiger partial charge in [0.15, 0.2) is 5.41 Å². The lowest BCUT2D eigenvalue weighted by molar-refractivity contribution is -0.150. The number of anilines is 1. The molecule has 0 fully saturated rings. The SMILES string of the molecule is CCNC(=O)C(COC(=O)Cc1ccc(NC(=O)c2ccccc2-c2ccc(C(F)(F)F)cc2)c(C(=O)N(CC)CC)c1)(C(=O)NCC)c1ccccc1. The minimum Gasteiger partial charge on any atom is -0.463 e. The summed E-state index contributed by atoms with van der Waals surface area (Å²) in [5, 5.41) is 8.15. The molecule has 13 heteroatoms. The van der Waals surface area contributed by atoms with Crippen molar-refractivity contribution in [1.29, 1.82) is 0 Å². The number of alkyl halides is 3. The molecule has 0 radical (unpaired) electrons. The minimum atomic E-state index is -4.52. The lowest BCUT2D eigenvalue weighted by atomic mass is 9.79. The van der Waals surface area contributed by atoms with Crippen LogP contribution in [0.15, 0.2) is 97.1 Å². The molecule has 4 amide bonds. The van der Waals surface area contributed by atoms with Crippen LogP contribution >= 0.6 is 0 Å². The normalized spacial score (nSPS) is 11.3. The topological polar surface area (TPSA) is 134 Å². The molecular weight excluding hydrogens is 701 g/mol. The summed E-state index contributed by atoms with van der Waals surface area (Å²) in [5.74, 6) is -3.08. The summed E-state index contributed by atoms with van der Waals surface area (Å²) >= 11 is 0. The van der Waals surface area contributed by atoms with Gasteiger partial charge in [0.2, 0.25) is 11.8 Å². The third-order valence-corrected chi connectivity index (χ3v) is 8.82. The average molecular weight is 745 g/mol. The van der Waals surface area contributed by atoms with E-state index < -0.39 is 53.4 Å². The number of carbonyl (C=O) groups is 5. The number of amides is 4. The van der Waals surface area contributed by atoms with Gasteiger partial charge < -0.3 is 25.6 Å². The standard InChI is InChI=1S/C41H43F3N4O6/c1-5-45-38(52)40(39(53)46-6-2,29-14-10-9-11-15-29)26-54-35(49)25-27-18-23-34(33(24-27)37(51)48(7-3)8-4)47-36(50)32-17-13-12-16-31(32)28-19-21-30(22-20-28)41(42,43)44/h9-24H,5-8,25-26H2,1-4H3,(H,45,52)(H,46,53)(H,47,50). The van der Waals surface area contributed by atoms with Gasteiger partial charge in [0.25, 0.3) is 11.8 Å². The monoisotopic (exact) mass is 744 g/mol. The van der Waals surface area contributed by atoms with Gasteiger partial charge in [-0.25, -0.2) is 0 Å². The molecule has 0 aliphatic heterocycles. The molecule has 3 N–H and O–H groups in total. The number of nitrogens with one attached hydrogen (secondary N) is 3. The largest absolute Gasteiger partial charge is 0.463 e. The van der Waals surface area contributed by atoms with Crippen LogP contribution in [-0.2, 0) is 37.1 Å². The molecule has 4 aromatic carbocycles. The molecule has 4 aromatic rings. The van der Waals surface area contributed by atoms with Gasteiger partial charge in [0, 0.05) is 31.7 Å². The van der Waals surface area contributed by atoms with Crippen molar-refractivity contribution in [3.8, 4) is 11.1 Å². The van der Waals surface area contributed by atoms with E-state index in [4.69, 9.17) is 4.74 Å². The molecule has 0 spiro atoms. The lowest BCUT2D eigenvalue weighted by Crippen LogP contribution is -2.57. The number of hydrogen-bond donors (Lipinski definition) is 3. The zero-order valence-electron chi connectivity index (χ0n) is 30.5. The van der Waals surface area contributed by atoms with Crippen molar-refractivity contribution in [2.24, 2.45) is 0 Å². The van der Waals surface area contributed by atoms with Gasteiger partial charge in [-0.05, 0) is 80.3 Å². The van der Waals surface area contributed by atoms with Crippen molar-refractivity contribution in [3.05, 3.63) is 125 Å². The third kappa shape index (κ3) is 9.32. The molecule has 0 aliphatic rings. The molecule has 54 heavy (non-hydrogen) atoms. The van der Waals surface area contributed by atoms with Crippen molar-refractivity contribution in [2.45, 2.75) is 45.7 Å². The smallest absolute Gasteiger partial charge is 0.416 e. The van der Waals surface area contributed by atoms with Crippen molar-refractivity contribution in [1.82, 2.24) is 15.5 Å². The highest BCUT2D eigenvalue weighted by Gasteiger charge is 2.48. The number of esters is 1. The molecule has 0 unspecified atom stereocenters. The van der Waals surface area contributed by atoms with E-state index in [9.17, 15) is 37.1 Å². The van der Waals surface area contributed by atoms with E-state index >= 15 is 0 Å². The highest BCUT2D eigenvalue weighted by Crippen LogP contribution is 2.33. The van der Waals surface area contributed by atoms with Gasteiger partial charge in [-0.2, -0.15) is 13.2 Å². The number of likely N-dealkylation sites (N-methyl/N-ethyl adjacent to an activating group) is 2. The molecule has 284 valence electrons. The van der Waals surface area contributed by atoms with Crippen LogP contribution in [0.5, 0.6) is 0 Å². The van der Waals surface area contributed by atoms with Gasteiger partial charge in [0.1, 0.15) is 6.61 Å². The van der Waals surface area contributed by atoms with Crippen molar-refractivity contribution in [2.75, 3.05) is 38.1 Å². The van der Waals surface area contributed by atoms with Gasteiger partial charge in [0.05, 0.1) is 23.2 Å². The molecule has 0 saturated heterocycles. The second-order valence-electron chi connectivity index (χ2n) is 12.3. The summed E-state index contributed by atoms with van der Waals surface area (Å²) in [6, 6.07) is 23.6. The number of ether oxygens (including phenoxy) is 1. The Morgan fingerprint density at radius 2 is 1.28 bits per heavy atom. The zero-order valence-corrected chi connectivity index (χ0v) is 30.5. The fourth-order valence-corrected chi connectivity index (χ4v) is 5.96. The zero-order chi connectivity index (χ0) is 39.5. The summed E-state index contributed by atoms with van der Waals surface area (Å²) in [4.78, 5) is 69.4. The number of benzene rings is 4. The second-order valence-corrected chi connectivity index (χ2v) is 12.3. The van der Waals surface area contributed by atoms with Crippen molar-refractivity contribution in [3.63, 3.8) is 0 Å². The van der Waals surface area contributed by atoms with E-state index in [0.717, 1.165) is 12.1 Å². The van der Waals surface area contributed by atoms with Crippen LogP contribution in [-0.4, -0.2) is 67.3 Å².